The van der Waals surface area contributed by atoms with Crippen LogP contribution in [0, 0.1) is 6.92 Å². The van der Waals surface area contributed by atoms with Crippen LogP contribution >= 0.6 is 0 Å². The highest BCUT2D eigenvalue weighted by Gasteiger charge is 2.14. The van der Waals surface area contributed by atoms with E-state index < -0.39 is 22.0 Å². The Morgan fingerprint density at radius 3 is 2.27 bits per heavy atom. The third-order valence-electron chi connectivity index (χ3n) is 1.99. The van der Waals surface area contributed by atoms with Gasteiger partial charge in [0.05, 0.1) is 6.10 Å². The lowest BCUT2D eigenvalue weighted by atomic mass is 10.1. The summed E-state index contributed by atoms with van der Waals surface area (Å²) >= 11 is 0. The number of aryl methyl sites for hydroxylation is 1. The van der Waals surface area contributed by atoms with Crippen molar-refractivity contribution in [2.45, 2.75) is 19.4 Å². The van der Waals surface area contributed by atoms with Crippen LogP contribution in [0.5, 0.6) is 0 Å². The predicted octanol–water partition coefficient (Wildman–Crippen LogP) is 0.786. The van der Waals surface area contributed by atoms with Gasteiger partial charge in [-0.3, -0.25) is 4.55 Å². The van der Waals surface area contributed by atoms with Crippen molar-refractivity contribution in [2.75, 3.05) is 5.75 Å². The van der Waals surface area contributed by atoms with Gasteiger partial charge in [-0.15, -0.1) is 0 Å². The third kappa shape index (κ3) is 4.92. The van der Waals surface area contributed by atoms with Gasteiger partial charge < -0.3 is 5.11 Å². The third-order valence-corrected chi connectivity index (χ3v) is 2.80. The average molecular weight is 230 g/mol. The summed E-state index contributed by atoms with van der Waals surface area (Å²) in [4.78, 5) is 0. The fraction of sp³-hybridized carbons (Fsp3) is 0.400. The highest BCUT2D eigenvalue weighted by atomic mass is 32.2. The minimum absolute atomic E-state index is 0.222. The smallest absolute Gasteiger partial charge is 0.267 e. The highest BCUT2D eigenvalue weighted by Crippen LogP contribution is 2.07. The van der Waals surface area contributed by atoms with Gasteiger partial charge in [0.1, 0.15) is 5.75 Å². The number of hydrogen-bond acceptors (Lipinski definition) is 3. The van der Waals surface area contributed by atoms with Crippen molar-refractivity contribution in [1.82, 2.24) is 0 Å². The number of hydrogen-bond donors (Lipinski definition) is 2. The predicted molar refractivity (Wildman–Crippen MR) is 57.3 cm³/mol. The molecule has 0 saturated carbocycles. The Hall–Kier alpha value is -0.910. The molecule has 2 N–H and O–H groups in total. The lowest BCUT2D eigenvalue weighted by Crippen LogP contribution is -2.22. The minimum atomic E-state index is -4.10. The molecule has 0 fully saturated rings. The summed E-state index contributed by atoms with van der Waals surface area (Å²) in [7, 11) is -4.10. The Kier molecular flexibility index (Phi) is 3.84. The molecule has 1 aromatic rings. The van der Waals surface area contributed by atoms with Crippen LogP contribution in [0.4, 0.5) is 0 Å². The van der Waals surface area contributed by atoms with Crippen LogP contribution in [-0.4, -0.2) is 29.9 Å². The summed E-state index contributed by atoms with van der Waals surface area (Å²) < 4.78 is 29.5. The molecular weight excluding hydrogens is 216 g/mol. The SMILES string of the molecule is Cc1ccc(CC(O)CS(=O)(=O)O)cc1. The van der Waals surface area contributed by atoms with Crippen molar-refractivity contribution in [1.29, 1.82) is 0 Å². The van der Waals surface area contributed by atoms with E-state index in [-0.39, 0.29) is 6.42 Å². The Labute approximate surface area is 89.3 Å². The van der Waals surface area contributed by atoms with Crippen molar-refractivity contribution >= 4 is 10.1 Å². The fourth-order valence-corrected chi connectivity index (χ4v) is 1.90. The molecule has 0 amide bonds. The van der Waals surface area contributed by atoms with E-state index in [4.69, 9.17) is 4.55 Å². The summed E-state index contributed by atoms with van der Waals surface area (Å²) in [5.41, 5.74) is 1.94. The van der Waals surface area contributed by atoms with Crippen molar-refractivity contribution < 1.29 is 18.1 Å². The van der Waals surface area contributed by atoms with E-state index in [1.54, 1.807) is 0 Å². The van der Waals surface area contributed by atoms with Crippen LogP contribution in [0.25, 0.3) is 0 Å². The Balaban J connectivity index is 2.59. The number of rotatable bonds is 4. The zero-order chi connectivity index (χ0) is 11.5. The molecule has 4 nitrogen and oxygen atoms in total. The van der Waals surface area contributed by atoms with E-state index in [1.165, 1.54) is 0 Å². The molecule has 1 atom stereocenters. The van der Waals surface area contributed by atoms with Gasteiger partial charge in [0.15, 0.2) is 0 Å². The van der Waals surface area contributed by atoms with Crippen LogP contribution in [-0.2, 0) is 16.5 Å². The van der Waals surface area contributed by atoms with E-state index in [2.05, 4.69) is 0 Å². The van der Waals surface area contributed by atoms with Crippen LogP contribution in [0.1, 0.15) is 11.1 Å². The second kappa shape index (κ2) is 4.74. The van der Waals surface area contributed by atoms with Crippen molar-refractivity contribution in [3.63, 3.8) is 0 Å². The van der Waals surface area contributed by atoms with Crippen molar-refractivity contribution in [3.05, 3.63) is 35.4 Å². The average Bonchev–Trinajstić information content (AvgIpc) is 2.05. The maximum absolute atomic E-state index is 10.5. The molecular formula is C10H14O4S. The highest BCUT2D eigenvalue weighted by molar-refractivity contribution is 7.85. The summed E-state index contributed by atoms with van der Waals surface area (Å²) in [6.07, 6.45) is -0.845. The van der Waals surface area contributed by atoms with Crippen molar-refractivity contribution in [3.8, 4) is 0 Å². The monoisotopic (exact) mass is 230 g/mol. The first-order valence-corrected chi connectivity index (χ1v) is 6.16. The van der Waals surface area contributed by atoms with Crippen LogP contribution < -0.4 is 0 Å². The first kappa shape index (κ1) is 12.2. The van der Waals surface area contributed by atoms with E-state index in [9.17, 15) is 13.5 Å². The Morgan fingerprint density at radius 1 is 1.27 bits per heavy atom. The maximum atomic E-state index is 10.5. The molecule has 1 unspecified atom stereocenters. The molecule has 0 aliphatic rings. The zero-order valence-electron chi connectivity index (χ0n) is 8.42. The molecule has 0 aliphatic carbocycles. The molecule has 0 bridgehead atoms. The number of aliphatic hydroxyl groups is 1. The first-order valence-electron chi connectivity index (χ1n) is 4.55. The standard InChI is InChI=1S/C10H14O4S/c1-8-2-4-9(5-3-8)6-10(11)7-15(12,13)14/h2-5,10-11H,6-7H2,1H3,(H,12,13,14). The lowest BCUT2D eigenvalue weighted by molar-refractivity contribution is 0.195. The molecule has 0 aliphatic heterocycles. The van der Waals surface area contributed by atoms with Gasteiger partial charge >= 0.3 is 0 Å². The molecule has 1 aromatic carbocycles. The van der Waals surface area contributed by atoms with Gasteiger partial charge in [0, 0.05) is 0 Å². The molecule has 0 aromatic heterocycles. The van der Waals surface area contributed by atoms with Gasteiger partial charge in [0.2, 0.25) is 0 Å². The first-order chi connectivity index (χ1) is 6.87. The van der Waals surface area contributed by atoms with Crippen LogP contribution in [0.2, 0.25) is 0 Å². The van der Waals surface area contributed by atoms with Gasteiger partial charge in [0.25, 0.3) is 10.1 Å². The van der Waals surface area contributed by atoms with Crippen LogP contribution in [0.15, 0.2) is 24.3 Å². The zero-order valence-corrected chi connectivity index (χ0v) is 9.24. The Morgan fingerprint density at radius 2 is 1.80 bits per heavy atom. The minimum Gasteiger partial charge on any atom is -0.392 e. The van der Waals surface area contributed by atoms with Gasteiger partial charge in [-0.1, -0.05) is 29.8 Å². The quantitative estimate of drug-likeness (QED) is 0.750. The lowest BCUT2D eigenvalue weighted by Gasteiger charge is -2.08. The van der Waals surface area contributed by atoms with E-state index in [0.717, 1.165) is 11.1 Å². The molecule has 15 heavy (non-hydrogen) atoms. The molecule has 5 heteroatoms. The van der Waals surface area contributed by atoms with Crippen LogP contribution in [0.3, 0.4) is 0 Å². The van der Waals surface area contributed by atoms with E-state index in [0.29, 0.717) is 0 Å². The van der Waals surface area contributed by atoms with E-state index >= 15 is 0 Å². The maximum Gasteiger partial charge on any atom is 0.267 e. The second-order valence-electron chi connectivity index (χ2n) is 3.59. The summed E-state index contributed by atoms with van der Waals surface area (Å²) in [5.74, 6) is -0.624. The van der Waals surface area contributed by atoms with Gasteiger partial charge in [-0.2, -0.15) is 8.42 Å². The summed E-state index contributed by atoms with van der Waals surface area (Å²) in [6, 6.07) is 7.41. The summed E-state index contributed by atoms with van der Waals surface area (Å²) in [5, 5.41) is 9.37. The number of benzene rings is 1. The second-order valence-corrected chi connectivity index (χ2v) is 5.09. The topological polar surface area (TPSA) is 74.6 Å². The fourth-order valence-electron chi connectivity index (χ4n) is 1.30. The number of aliphatic hydroxyl groups excluding tert-OH is 1. The molecule has 0 spiro atoms. The molecule has 1 rings (SSSR count). The normalized spacial score (nSPS) is 13.8. The largest absolute Gasteiger partial charge is 0.392 e. The van der Waals surface area contributed by atoms with Gasteiger partial charge in [-0.05, 0) is 18.9 Å². The van der Waals surface area contributed by atoms with E-state index in [1.807, 2.05) is 31.2 Å². The molecule has 84 valence electrons. The molecule has 0 saturated heterocycles. The Bertz CT molecular complexity index is 408. The molecule has 0 heterocycles. The van der Waals surface area contributed by atoms with Crippen molar-refractivity contribution in [2.24, 2.45) is 0 Å². The van der Waals surface area contributed by atoms with Gasteiger partial charge in [-0.25, -0.2) is 0 Å². The summed E-state index contributed by atoms with van der Waals surface area (Å²) in [6.45, 7) is 1.94. The molecule has 0 radical (unpaired) electrons.